The normalized spacial score (nSPS) is 14.8. The number of pyridine rings is 1. The number of hydrogen-bond acceptors (Lipinski definition) is 5. The molecule has 9 heteroatoms. The van der Waals surface area contributed by atoms with Crippen LogP contribution in [-0.4, -0.2) is 44.7 Å². The van der Waals surface area contributed by atoms with E-state index in [4.69, 9.17) is 5.11 Å². The zero-order chi connectivity index (χ0) is 19.4. The minimum Gasteiger partial charge on any atom is -0.400 e. The summed E-state index contributed by atoms with van der Waals surface area (Å²) in [5, 5.41) is 7.00. The van der Waals surface area contributed by atoms with Gasteiger partial charge in [0, 0.05) is 32.6 Å². The lowest BCUT2D eigenvalue weighted by Gasteiger charge is -2.26. The Balaban J connectivity index is 0.00000102. The molecule has 3 aromatic rings. The Kier molecular flexibility index (Phi) is 5.59. The van der Waals surface area contributed by atoms with Crippen molar-refractivity contribution in [2.45, 2.75) is 25.4 Å². The second-order valence-electron chi connectivity index (χ2n) is 6.08. The highest BCUT2D eigenvalue weighted by Gasteiger charge is 2.31. The number of aliphatic hydroxyl groups is 1. The Hall–Kier alpha value is -2.68. The summed E-state index contributed by atoms with van der Waals surface area (Å²) in [4.78, 5) is 15.2. The first kappa shape index (κ1) is 19.1. The molecule has 0 spiro atoms. The molecule has 144 valence electrons. The first-order valence-electron chi connectivity index (χ1n) is 8.60. The zero-order valence-corrected chi connectivity index (χ0v) is 14.8. The number of aromatic nitrogens is 4. The summed E-state index contributed by atoms with van der Waals surface area (Å²) in [6.07, 6.45) is 3.22. The number of alkyl halides is 3. The van der Waals surface area contributed by atoms with E-state index in [1.807, 2.05) is 0 Å². The van der Waals surface area contributed by atoms with Gasteiger partial charge in [-0.25, -0.2) is 15.0 Å². The third-order valence-electron chi connectivity index (χ3n) is 4.38. The molecular formula is C18H20F3N5O. The van der Waals surface area contributed by atoms with Crippen molar-refractivity contribution in [1.29, 1.82) is 0 Å². The minimum atomic E-state index is -4.40. The maximum atomic E-state index is 13.0. The van der Waals surface area contributed by atoms with Crippen molar-refractivity contribution >= 4 is 11.6 Å². The van der Waals surface area contributed by atoms with E-state index >= 15 is 0 Å². The van der Waals surface area contributed by atoms with Gasteiger partial charge in [-0.3, -0.25) is 4.40 Å². The molecule has 0 saturated carbocycles. The van der Waals surface area contributed by atoms with Crippen LogP contribution < -0.4 is 4.90 Å². The maximum absolute atomic E-state index is 13.0. The lowest BCUT2D eigenvalue weighted by Crippen LogP contribution is -2.31. The minimum absolute atomic E-state index is 0.445. The molecule has 0 bridgehead atoms. The maximum Gasteiger partial charge on any atom is 0.417 e. The van der Waals surface area contributed by atoms with E-state index in [0.29, 0.717) is 23.0 Å². The summed E-state index contributed by atoms with van der Waals surface area (Å²) in [6, 6.07) is 4.08. The molecule has 27 heavy (non-hydrogen) atoms. The largest absolute Gasteiger partial charge is 0.417 e. The highest BCUT2D eigenvalue weighted by Crippen LogP contribution is 2.30. The number of anilines is 1. The molecule has 4 heterocycles. The van der Waals surface area contributed by atoms with Gasteiger partial charge in [0.05, 0.1) is 23.1 Å². The van der Waals surface area contributed by atoms with E-state index in [-0.39, 0.29) is 0 Å². The van der Waals surface area contributed by atoms with Crippen LogP contribution in [0.3, 0.4) is 0 Å². The highest BCUT2D eigenvalue weighted by molar-refractivity contribution is 5.61. The van der Waals surface area contributed by atoms with Gasteiger partial charge in [0.2, 0.25) is 5.95 Å². The molecule has 6 nitrogen and oxygen atoms in total. The Morgan fingerprint density at radius 1 is 1.00 bits per heavy atom. The van der Waals surface area contributed by atoms with Gasteiger partial charge in [0.15, 0.2) is 0 Å². The Labute approximate surface area is 154 Å². The number of aliphatic hydroxyl groups excluding tert-OH is 1. The third kappa shape index (κ3) is 4.02. The van der Waals surface area contributed by atoms with Crippen molar-refractivity contribution in [3.05, 3.63) is 42.4 Å². The Morgan fingerprint density at radius 3 is 2.44 bits per heavy atom. The van der Waals surface area contributed by atoms with Crippen molar-refractivity contribution in [2.75, 3.05) is 25.1 Å². The molecule has 1 aliphatic rings. The molecular weight excluding hydrogens is 359 g/mol. The molecule has 0 aliphatic carbocycles. The van der Waals surface area contributed by atoms with Crippen LogP contribution in [0.15, 0.2) is 36.8 Å². The number of hydrogen-bond donors (Lipinski definition) is 1. The fraction of sp³-hybridized carbons (Fsp3) is 0.389. The van der Waals surface area contributed by atoms with Crippen molar-refractivity contribution < 1.29 is 18.3 Å². The first-order valence-corrected chi connectivity index (χ1v) is 8.60. The monoisotopic (exact) mass is 379 g/mol. The molecule has 0 aromatic carbocycles. The van der Waals surface area contributed by atoms with Crippen molar-refractivity contribution in [3.8, 4) is 11.4 Å². The second-order valence-corrected chi connectivity index (χ2v) is 6.08. The van der Waals surface area contributed by atoms with Gasteiger partial charge in [0.1, 0.15) is 5.65 Å². The SMILES string of the molecule is CO.FC(F)(F)c1ccc2ncc(-c3ccnc(N4CCCCC4)n3)n2c1. The molecule has 1 aliphatic heterocycles. The molecule has 0 amide bonds. The third-order valence-corrected chi connectivity index (χ3v) is 4.38. The predicted octanol–water partition coefficient (Wildman–Crippen LogP) is 3.41. The van der Waals surface area contributed by atoms with Crippen LogP contribution in [0.4, 0.5) is 19.1 Å². The van der Waals surface area contributed by atoms with Crippen LogP contribution in [0.2, 0.25) is 0 Å². The van der Waals surface area contributed by atoms with Crippen LogP contribution in [0, 0.1) is 0 Å². The van der Waals surface area contributed by atoms with Crippen LogP contribution >= 0.6 is 0 Å². The summed E-state index contributed by atoms with van der Waals surface area (Å²) in [5.74, 6) is 0.610. The lowest BCUT2D eigenvalue weighted by atomic mass is 10.1. The van der Waals surface area contributed by atoms with E-state index in [1.54, 1.807) is 12.3 Å². The number of imidazole rings is 1. The van der Waals surface area contributed by atoms with Gasteiger partial charge in [0.25, 0.3) is 0 Å². The van der Waals surface area contributed by atoms with Crippen molar-refractivity contribution in [3.63, 3.8) is 0 Å². The molecule has 4 rings (SSSR count). The van der Waals surface area contributed by atoms with Gasteiger partial charge in [-0.1, -0.05) is 0 Å². The average molecular weight is 379 g/mol. The van der Waals surface area contributed by atoms with Crippen LogP contribution in [0.5, 0.6) is 0 Å². The van der Waals surface area contributed by atoms with Gasteiger partial charge in [-0.2, -0.15) is 13.2 Å². The Morgan fingerprint density at radius 2 is 1.74 bits per heavy atom. The van der Waals surface area contributed by atoms with E-state index in [1.165, 1.54) is 23.1 Å². The number of fused-ring (bicyclic) bond motifs is 1. The predicted molar refractivity (Wildman–Crippen MR) is 95.4 cm³/mol. The number of rotatable bonds is 2. The van der Waals surface area contributed by atoms with E-state index in [9.17, 15) is 13.2 Å². The average Bonchev–Trinajstić information content (AvgIpc) is 3.13. The van der Waals surface area contributed by atoms with Crippen LogP contribution in [0.25, 0.3) is 17.0 Å². The molecule has 0 unspecified atom stereocenters. The van der Waals surface area contributed by atoms with E-state index in [2.05, 4.69) is 19.9 Å². The van der Waals surface area contributed by atoms with E-state index < -0.39 is 11.7 Å². The van der Waals surface area contributed by atoms with Gasteiger partial charge < -0.3 is 10.0 Å². The first-order chi connectivity index (χ1) is 13.0. The highest BCUT2D eigenvalue weighted by atomic mass is 19.4. The van der Waals surface area contributed by atoms with E-state index in [0.717, 1.165) is 45.3 Å². The summed E-state index contributed by atoms with van der Waals surface area (Å²) in [7, 11) is 1.00. The molecule has 1 saturated heterocycles. The standard InChI is InChI=1S/C17H16F3N5.CH4O/c18-17(19,20)12-4-5-15-22-10-14(25(15)11-12)13-6-7-21-16(23-13)24-8-2-1-3-9-24;1-2/h4-7,10-11H,1-3,8-9H2;2H,1H3. The van der Waals surface area contributed by atoms with Crippen LogP contribution in [-0.2, 0) is 6.18 Å². The molecule has 1 fully saturated rings. The molecule has 0 radical (unpaired) electrons. The lowest BCUT2D eigenvalue weighted by molar-refractivity contribution is -0.137. The van der Waals surface area contributed by atoms with Gasteiger partial charge >= 0.3 is 6.18 Å². The smallest absolute Gasteiger partial charge is 0.400 e. The number of nitrogens with zero attached hydrogens (tertiary/aromatic N) is 5. The number of halogens is 3. The summed E-state index contributed by atoms with van der Waals surface area (Å²) < 4.78 is 40.4. The molecule has 3 aromatic heterocycles. The topological polar surface area (TPSA) is 66.6 Å². The van der Waals surface area contributed by atoms with Gasteiger partial charge in [-0.05, 0) is 37.5 Å². The Bertz CT molecular complexity index is 903. The summed E-state index contributed by atoms with van der Waals surface area (Å²) in [5.41, 5.74) is 0.801. The summed E-state index contributed by atoms with van der Waals surface area (Å²) in [6.45, 7) is 1.80. The van der Waals surface area contributed by atoms with Crippen LogP contribution in [0.1, 0.15) is 24.8 Å². The van der Waals surface area contributed by atoms with Crippen molar-refractivity contribution in [1.82, 2.24) is 19.4 Å². The fourth-order valence-corrected chi connectivity index (χ4v) is 3.08. The fourth-order valence-electron chi connectivity index (χ4n) is 3.08. The second kappa shape index (κ2) is 7.91. The zero-order valence-electron chi connectivity index (χ0n) is 14.8. The quantitative estimate of drug-likeness (QED) is 0.739. The number of piperidine rings is 1. The van der Waals surface area contributed by atoms with Crippen molar-refractivity contribution in [2.24, 2.45) is 0 Å². The molecule has 1 N–H and O–H groups in total. The van der Waals surface area contributed by atoms with Gasteiger partial charge in [-0.15, -0.1) is 0 Å². The summed E-state index contributed by atoms with van der Waals surface area (Å²) >= 11 is 0. The molecule has 0 atom stereocenters.